The molecule has 1 amide bonds. The molecule has 0 unspecified atom stereocenters. The first-order chi connectivity index (χ1) is 6.52. The molecule has 14 heavy (non-hydrogen) atoms. The largest absolute Gasteiger partial charge is 0.349 e. The Morgan fingerprint density at radius 2 is 1.50 bits per heavy atom. The zero-order valence-corrected chi connectivity index (χ0v) is 9.79. The highest BCUT2D eigenvalue weighted by molar-refractivity contribution is 5.78. The van der Waals surface area contributed by atoms with E-state index in [1.807, 2.05) is 14.1 Å². The van der Waals surface area contributed by atoms with Crippen LogP contribution >= 0.6 is 0 Å². The molecule has 1 saturated carbocycles. The molecule has 0 aromatic rings. The maximum absolute atomic E-state index is 11.7. The van der Waals surface area contributed by atoms with Crippen molar-refractivity contribution >= 4 is 5.91 Å². The van der Waals surface area contributed by atoms with Crippen molar-refractivity contribution in [3.05, 3.63) is 0 Å². The predicted molar refractivity (Wildman–Crippen MR) is 58.1 cm³/mol. The summed E-state index contributed by atoms with van der Waals surface area (Å²) >= 11 is 0. The summed E-state index contributed by atoms with van der Waals surface area (Å²) in [5.41, 5.74) is 0. The van der Waals surface area contributed by atoms with Gasteiger partial charge in [-0.1, -0.05) is 0 Å². The summed E-state index contributed by atoms with van der Waals surface area (Å²) in [5, 5.41) is 0. The Morgan fingerprint density at radius 3 is 1.86 bits per heavy atom. The minimum Gasteiger partial charge on any atom is -0.349 e. The Hall–Kier alpha value is -0.570. The van der Waals surface area contributed by atoms with Gasteiger partial charge < -0.3 is 9.80 Å². The van der Waals surface area contributed by atoms with Crippen LogP contribution in [0.15, 0.2) is 0 Å². The van der Waals surface area contributed by atoms with Gasteiger partial charge in [0.05, 0.1) is 0 Å². The molecule has 1 aliphatic carbocycles. The highest BCUT2D eigenvalue weighted by Crippen LogP contribution is 2.27. The van der Waals surface area contributed by atoms with Crippen molar-refractivity contribution in [2.75, 3.05) is 28.2 Å². The third-order valence-corrected chi connectivity index (χ3v) is 3.22. The summed E-state index contributed by atoms with van der Waals surface area (Å²) in [6, 6.07) is 0.682. The fourth-order valence-corrected chi connectivity index (χ4v) is 2.20. The monoisotopic (exact) mass is 198 g/mol. The molecule has 0 radical (unpaired) electrons. The summed E-state index contributed by atoms with van der Waals surface area (Å²) in [5.74, 6) is 0.586. The molecule has 0 spiro atoms. The van der Waals surface area contributed by atoms with Crippen LogP contribution in [0.25, 0.3) is 0 Å². The van der Waals surface area contributed by atoms with E-state index in [1.54, 1.807) is 4.90 Å². The van der Waals surface area contributed by atoms with Gasteiger partial charge in [0.15, 0.2) is 0 Å². The van der Waals surface area contributed by atoms with Crippen LogP contribution < -0.4 is 0 Å². The van der Waals surface area contributed by atoms with Gasteiger partial charge in [-0.3, -0.25) is 4.79 Å². The number of rotatable bonds is 2. The van der Waals surface area contributed by atoms with Gasteiger partial charge in [-0.25, -0.2) is 0 Å². The van der Waals surface area contributed by atoms with E-state index in [0.29, 0.717) is 11.9 Å². The molecule has 82 valence electrons. The molecular weight excluding hydrogens is 176 g/mol. The lowest BCUT2D eigenvalue weighted by Crippen LogP contribution is -2.37. The van der Waals surface area contributed by atoms with Crippen molar-refractivity contribution in [1.82, 2.24) is 9.80 Å². The van der Waals surface area contributed by atoms with E-state index >= 15 is 0 Å². The molecule has 0 saturated heterocycles. The van der Waals surface area contributed by atoms with Crippen LogP contribution in [0.3, 0.4) is 0 Å². The Labute approximate surface area is 87.1 Å². The lowest BCUT2D eigenvalue weighted by atomic mass is 9.85. The Balaban J connectivity index is 2.39. The maximum atomic E-state index is 11.7. The van der Waals surface area contributed by atoms with Gasteiger partial charge in [0, 0.05) is 26.1 Å². The molecule has 0 bridgehead atoms. The topological polar surface area (TPSA) is 23.6 Å². The SMILES string of the molecule is CN(C)C(=O)C1CCC(N(C)C)CC1. The second-order valence-corrected chi connectivity index (χ2v) is 4.70. The van der Waals surface area contributed by atoms with Gasteiger partial charge in [-0.05, 0) is 39.8 Å². The fourth-order valence-electron chi connectivity index (χ4n) is 2.20. The fraction of sp³-hybridized carbons (Fsp3) is 0.909. The van der Waals surface area contributed by atoms with Crippen molar-refractivity contribution in [3.8, 4) is 0 Å². The zero-order chi connectivity index (χ0) is 10.7. The van der Waals surface area contributed by atoms with E-state index in [-0.39, 0.29) is 5.92 Å². The summed E-state index contributed by atoms with van der Waals surface area (Å²) in [7, 11) is 7.94. The minimum atomic E-state index is 0.279. The second kappa shape index (κ2) is 4.78. The third-order valence-electron chi connectivity index (χ3n) is 3.22. The van der Waals surface area contributed by atoms with Crippen molar-refractivity contribution in [2.45, 2.75) is 31.7 Å². The Bertz CT molecular complexity index is 193. The van der Waals surface area contributed by atoms with E-state index in [1.165, 1.54) is 0 Å². The maximum Gasteiger partial charge on any atom is 0.225 e. The van der Waals surface area contributed by atoms with Crippen molar-refractivity contribution in [1.29, 1.82) is 0 Å². The number of nitrogens with zero attached hydrogens (tertiary/aromatic N) is 2. The number of hydrogen-bond acceptors (Lipinski definition) is 2. The first-order valence-electron chi connectivity index (χ1n) is 5.40. The van der Waals surface area contributed by atoms with E-state index in [0.717, 1.165) is 25.7 Å². The highest BCUT2D eigenvalue weighted by Gasteiger charge is 2.27. The smallest absolute Gasteiger partial charge is 0.225 e. The zero-order valence-electron chi connectivity index (χ0n) is 9.79. The third kappa shape index (κ3) is 2.71. The van der Waals surface area contributed by atoms with Gasteiger partial charge >= 0.3 is 0 Å². The van der Waals surface area contributed by atoms with Gasteiger partial charge in [-0.2, -0.15) is 0 Å². The standard InChI is InChI=1S/C11H22N2O/c1-12(2)10-7-5-9(6-8-10)11(14)13(3)4/h9-10H,5-8H2,1-4H3. The lowest BCUT2D eigenvalue weighted by Gasteiger charge is -2.32. The molecule has 1 rings (SSSR count). The number of carbonyl (C=O) groups is 1. The van der Waals surface area contributed by atoms with Crippen LogP contribution in [-0.4, -0.2) is 49.9 Å². The number of carbonyl (C=O) groups excluding carboxylic acids is 1. The molecule has 0 aromatic carbocycles. The molecule has 3 heteroatoms. The van der Waals surface area contributed by atoms with Crippen LogP contribution in [0.4, 0.5) is 0 Å². The van der Waals surface area contributed by atoms with Crippen LogP contribution in [-0.2, 0) is 4.79 Å². The summed E-state index contributed by atoms with van der Waals surface area (Å²) in [6.45, 7) is 0. The molecule has 1 aliphatic rings. The van der Waals surface area contributed by atoms with Gasteiger partial charge in [0.2, 0.25) is 5.91 Å². The minimum absolute atomic E-state index is 0.279. The quantitative estimate of drug-likeness (QED) is 0.665. The highest BCUT2D eigenvalue weighted by atomic mass is 16.2. The Kier molecular flexibility index (Phi) is 3.93. The number of hydrogen-bond donors (Lipinski definition) is 0. The lowest BCUT2D eigenvalue weighted by molar-refractivity contribution is -0.134. The van der Waals surface area contributed by atoms with Crippen molar-refractivity contribution in [3.63, 3.8) is 0 Å². The van der Waals surface area contributed by atoms with Crippen LogP contribution in [0.1, 0.15) is 25.7 Å². The first kappa shape index (κ1) is 11.5. The average molecular weight is 198 g/mol. The molecule has 3 nitrogen and oxygen atoms in total. The van der Waals surface area contributed by atoms with Gasteiger partial charge in [0.1, 0.15) is 0 Å². The summed E-state index contributed by atoms with van der Waals surface area (Å²) in [6.07, 6.45) is 4.44. The van der Waals surface area contributed by atoms with Crippen molar-refractivity contribution in [2.24, 2.45) is 5.92 Å². The summed E-state index contributed by atoms with van der Waals surface area (Å²) < 4.78 is 0. The second-order valence-electron chi connectivity index (χ2n) is 4.70. The van der Waals surface area contributed by atoms with E-state index in [2.05, 4.69) is 19.0 Å². The van der Waals surface area contributed by atoms with E-state index < -0.39 is 0 Å². The summed E-state index contributed by atoms with van der Waals surface area (Å²) in [4.78, 5) is 15.7. The van der Waals surface area contributed by atoms with Crippen LogP contribution in [0.5, 0.6) is 0 Å². The molecule has 0 aromatic heterocycles. The molecule has 0 aliphatic heterocycles. The van der Waals surface area contributed by atoms with Crippen LogP contribution in [0, 0.1) is 5.92 Å². The molecule has 0 heterocycles. The first-order valence-corrected chi connectivity index (χ1v) is 5.40. The van der Waals surface area contributed by atoms with E-state index in [4.69, 9.17) is 0 Å². The Morgan fingerprint density at radius 1 is 1.00 bits per heavy atom. The van der Waals surface area contributed by atoms with Crippen LogP contribution in [0.2, 0.25) is 0 Å². The molecule has 1 fully saturated rings. The number of amides is 1. The predicted octanol–water partition coefficient (Wildman–Crippen LogP) is 1.19. The molecule has 0 N–H and O–H groups in total. The molecule has 0 atom stereocenters. The molecular formula is C11H22N2O. The van der Waals surface area contributed by atoms with Crippen molar-refractivity contribution < 1.29 is 4.79 Å². The average Bonchev–Trinajstić information content (AvgIpc) is 2.16. The van der Waals surface area contributed by atoms with Gasteiger partial charge in [0.25, 0.3) is 0 Å². The normalized spacial score (nSPS) is 27.8. The van der Waals surface area contributed by atoms with Gasteiger partial charge in [-0.15, -0.1) is 0 Å². The van der Waals surface area contributed by atoms with E-state index in [9.17, 15) is 4.79 Å².